The fraction of sp³-hybridized carbons (Fsp3) is 0.483. The number of phenols is 1. The smallest absolute Gasteiger partial charge is 0.254 e. The highest BCUT2D eigenvalue weighted by Gasteiger charge is 2.69. The van der Waals surface area contributed by atoms with E-state index in [0.29, 0.717) is 30.2 Å². The van der Waals surface area contributed by atoms with E-state index in [4.69, 9.17) is 4.74 Å². The number of hydrogen-bond acceptors (Lipinski definition) is 6. The second-order valence-electron chi connectivity index (χ2n) is 11.3. The van der Waals surface area contributed by atoms with E-state index in [9.17, 15) is 20.1 Å². The number of aliphatic hydroxyl groups is 2. The van der Waals surface area contributed by atoms with Crippen LogP contribution < -0.4 is 10.1 Å². The van der Waals surface area contributed by atoms with Crippen LogP contribution in [0.3, 0.4) is 0 Å². The van der Waals surface area contributed by atoms with E-state index in [1.165, 1.54) is 12.8 Å². The minimum Gasteiger partial charge on any atom is -0.508 e. The van der Waals surface area contributed by atoms with E-state index < -0.39 is 23.0 Å². The van der Waals surface area contributed by atoms with Gasteiger partial charge in [-0.25, -0.2) is 0 Å². The number of piperidine rings is 1. The molecule has 0 aromatic heterocycles. The summed E-state index contributed by atoms with van der Waals surface area (Å²) in [5, 5.41) is 37.3. The number of aromatic hydroxyl groups is 1. The van der Waals surface area contributed by atoms with Crippen LogP contribution in [0.25, 0.3) is 0 Å². The van der Waals surface area contributed by atoms with Crippen molar-refractivity contribution in [3.8, 4) is 11.5 Å². The number of likely N-dealkylation sites (tertiary alicyclic amines) is 1. The predicted octanol–water partition coefficient (Wildman–Crippen LogP) is 3.96. The lowest BCUT2D eigenvalue weighted by atomic mass is 9.53. The molecule has 190 valence electrons. The zero-order valence-corrected chi connectivity index (χ0v) is 21.0. The van der Waals surface area contributed by atoms with Crippen molar-refractivity contribution in [1.29, 1.82) is 0 Å². The quantitative estimate of drug-likeness (QED) is 0.374. The van der Waals surface area contributed by atoms with Gasteiger partial charge in [-0.3, -0.25) is 9.69 Å². The fourth-order valence-corrected chi connectivity index (χ4v) is 6.75. The van der Waals surface area contributed by atoms with Crippen molar-refractivity contribution in [2.45, 2.75) is 69.6 Å². The molecule has 2 aromatic carbocycles. The maximum Gasteiger partial charge on any atom is 0.254 e. The van der Waals surface area contributed by atoms with Crippen LogP contribution in [0.15, 0.2) is 47.7 Å². The Morgan fingerprint density at radius 2 is 1.92 bits per heavy atom. The van der Waals surface area contributed by atoms with Gasteiger partial charge in [-0.2, -0.15) is 0 Å². The van der Waals surface area contributed by atoms with Gasteiger partial charge in [0.1, 0.15) is 5.76 Å². The average molecular weight is 491 g/mol. The summed E-state index contributed by atoms with van der Waals surface area (Å²) in [6.45, 7) is 7.10. The molecule has 1 spiro atoms. The van der Waals surface area contributed by atoms with Crippen LogP contribution in [0.4, 0.5) is 5.69 Å². The van der Waals surface area contributed by atoms with Gasteiger partial charge < -0.3 is 25.4 Å². The van der Waals surface area contributed by atoms with Crippen molar-refractivity contribution >= 4 is 11.6 Å². The van der Waals surface area contributed by atoms with Gasteiger partial charge in [-0.1, -0.05) is 23.8 Å². The molecule has 4 atom stereocenters. The highest BCUT2D eigenvalue weighted by Crippen LogP contribution is 2.63. The number of nitrogens with zero attached hydrogens (tertiary/aromatic N) is 1. The molecule has 7 nitrogen and oxygen atoms in total. The largest absolute Gasteiger partial charge is 0.508 e. The number of aryl methyl sites for hydroxylation is 1. The Labute approximate surface area is 211 Å². The number of carbonyl (C=O) groups is 1. The summed E-state index contributed by atoms with van der Waals surface area (Å²) in [5.41, 5.74) is 1.42. The summed E-state index contributed by atoms with van der Waals surface area (Å²) < 4.78 is 6.29. The van der Waals surface area contributed by atoms with Gasteiger partial charge in [-0.05, 0) is 82.7 Å². The molecule has 6 rings (SSSR count). The van der Waals surface area contributed by atoms with E-state index in [-0.39, 0.29) is 23.1 Å². The Kier molecular flexibility index (Phi) is 5.18. The summed E-state index contributed by atoms with van der Waals surface area (Å²) in [5.74, 6) is 0.334. The second kappa shape index (κ2) is 7.98. The topological polar surface area (TPSA) is 102 Å². The number of nitrogens with one attached hydrogen (secondary N) is 1. The fourth-order valence-electron chi connectivity index (χ4n) is 6.75. The summed E-state index contributed by atoms with van der Waals surface area (Å²) in [4.78, 5) is 15.5. The van der Waals surface area contributed by atoms with E-state index in [2.05, 4.69) is 10.2 Å². The molecule has 4 N–H and O–H groups in total. The van der Waals surface area contributed by atoms with E-state index in [0.717, 1.165) is 29.8 Å². The molecule has 2 aliphatic heterocycles. The van der Waals surface area contributed by atoms with E-state index in [1.54, 1.807) is 13.0 Å². The van der Waals surface area contributed by atoms with Crippen LogP contribution >= 0.6 is 0 Å². The molecule has 2 heterocycles. The number of benzene rings is 2. The van der Waals surface area contributed by atoms with Crippen molar-refractivity contribution < 1.29 is 24.9 Å². The van der Waals surface area contributed by atoms with Crippen LogP contribution in [0.2, 0.25) is 0 Å². The zero-order chi connectivity index (χ0) is 25.4. The number of aliphatic hydroxyl groups excluding tert-OH is 1. The zero-order valence-electron chi connectivity index (χ0n) is 21.0. The first-order valence-corrected chi connectivity index (χ1v) is 12.9. The van der Waals surface area contributed by atoms with Crippen molar-refractivity contribution in [1.82, 2.24) is 4.90 Å². The highest BCUT2D eigenvalue weighted by atomic mass is 16.5. The van der Waals surface area contributed by atoms with Crippen LogP contribution in [0.1, 0.15) is 49.8 Å². The molecule has 36 heavy (non-hydrogen) atoms. The molecule has 0 unspecified atom stereocenters. The second-order valence-corrected chi connectivity index (χ2v) is 11.3. The molecule has 1 amide bonds. The Morgan fingerprint density at radius 1 is 1.19 bits per heavy atom. The monoisotopic (exact) mass is 490 g/mol. The Bertz CT molecular complexity index is 1260. The van der Waals surface area contributed by atoms with Gasteiger partial charge in [0, 0.05) is 23.8 Å². The maximum atomic E-state index is 13.1. The number of ether oxygens (including phenoxy) is 1. The van der Waals surface area contributed by atoms with Gasteiger partial charge in [0.25, 0.3) is 5.91 Å². The van der Waals surface area contributed by atoms with Crippen molar-refractivity contribution in [3.63, 3.8) is 0 Å². The predicted molar refractivity (Wildman–Crippen MR) is 136 cm³/mol. The summed E-state index contributed by atoms with van der Waals surface area (Å²) in [6, 6.07) is 10.8. The number of carbonyl (C=O) groups excluding carboxylic acids is 1. The Hall–Kier alpha value is -3.03. The molecule has 2 fully saturated rings. The first-order valence-electron chi connectivity index (χ1n) is 12.9. The van der Waals surface area contributed by atoms with Gasteiger partial charge in [0.15, 0.2) is 17.6 Å². The number of phenolic OH excluding ortho intramolecular Hbond substituents is 1. The van der Waals surface area contributed by atoms with Gasteiger partial charge in [-0.15, -0.1) is 0 Å². The SMILES string of the molecule is C/C(C(=O)Nc1ccc(C)cc1)=C(/O)[C@@H]1Oc2c(O)ccc3c2[C@@]12CCN(CC1CC1)[C@H](C3)[C@@]2(C)O. The molecule has 2 aliphatic carbocycles. The summed E-state index contributed by atoms with van der Waals surface area (Å²) in [7, 11) is 0. The molecule has 2 aromatic rings. The molecular weight excluding hydrogens is 456 g/mol. The van der Waals surface area contributed by atoms with E-state index in [1.807, 2.05) is 44.2 Å². The Balaban J connectivity index is 1.41. The van der Waals surface area contributed by atoms with Gasteiger partial charge in [0.05, 0.1) is 16.6 Å². The normalized spacial score (nSPS) is 31.3. The van der Waals surface area contributed by atoms with Crippen LogP contribution in [0.5, 0.6) is 11.5 Å². The van der Waals surface area contributed by atoms with Crippen molar-refractivity contribution in [3.05, 3.63) is 64.4 Å². The first kappa shape index (κ1) is 23.4. The van der Waals surface area contributed by atoms with Gasteiger partial charge >= 0.3 is 0 Å². The molecule has 7 heteroatoms. The Morgan fingerprint density at radius 3 is 2.61 bits per heavy atom. The highest BCUT2D eigenvalue weighted by molar-refractivity contribution is 6.03. The van der Waals surface area contributed by atoms with Crippen molar-refractivity contribution in [2.24, 2.45) is 5.92 Å². The number of amides is 1. The lowest BCUT2D eigenvalue weighted by molar-refractivity contribution is -0.153. The van der Waals surface area contributed by atoms with Crippen LogP contribution in [-0.2, 0) is 16.6 Å². The molecular formula is C29H34N2O5. The third-order valence-corrected chi connectivity index (χ3v) is 9.02. The molecule has 0 radical (unpaired) electrons. The average Bonchev–Trinajstić information content (AvgIpc) is 3.58. The number of hydrogen-bond donors (Lipinski definition) is 4. The standard InChI is InChI=1S/C29H34N2O5/c1-16-4-9-20(10-5-16)30-27(34)17(2)24(33)26-29-12-13-31(15-18-6-7-18)22(28(29,3)35)14-19-8-11-21(32)25(36-26)23(19)29/h4-5,8-11,18,22,26,32-33,35H,6-7,12-15H2,1-3H3,(H,30,34)/b24-17-/t22-,26+,28-,29+/m1/s1. The molecule has 4 aliphatic rings. The molecule has 1 saturated carbocycles. The van der Waals surface area contributed by atoms with E-state index >= 15 is 0 Å². The number of rotatable bonds is 5. The van der Waals surface area contributed by atoms with Crippen LogP contribution in [-0.4, -0.2) is 57.0 Å². The van der Waals surface area contributed by atoms with Gasteiger partial charge in [0.2, 0.25) is 0 Å². The summed E-state index contributed by atoms with van der Waals surface area (Å²) >= 11 is 0. The first-order chi connectivity index (χ1) is 17.1. The number of anilines is 1. The third kappa shape index (κ3) is 3.29. The molecule has 2 bridgehead atoms. The minimum atomic E-state index is -1.24. The maximum absolute atomic E-state index is 13.1. The lowest BCUT2D eigenvalue weighted by Crippen LogP contribution is -2.73. The molecule has 1 saturated heterocycles. The number of fused-ring (bicyclic) bond motifs is 1. The third-order valence-electron chi connectivity index (χ3n) is 9.02. The van der Waals surface area contributed by atoms with Crippen molar-refractivity contribution in [2.75, 3.05) is 18.4 Å². The minimum absolute atomic E-state index is 0.0140. The van der Waals surface area contributed by atoms with Crippen LogP contribution in [0, 0.1) is 12.8 Å². The lowest BCUT2D eigenvalue weighted by Gasteiger charge is -2.59. The summed E-state index contributed by atoms with van der Waals surface area (Å²) in [6.07, 6.45) is 2.68.